The number of ether oxygens (including phenoxy) is 1. The molecule has 1 aliphatic heterocycles. The van der Waals surface area contributed by atoms with Crippen LogP contribution < -0.4 is 15.0 Å². The topological polar surface area (TPSA) is 85.2 Å². The second-order valence-electron chi connectivity index (χ2n) is 9.46. The molecule has 4 aromatic rings. The first kappa shape index (κ1) is 23.8. The molecule has 1 amide bonds. The van der Waals surface area contributed by atoms with Crippen LogP contribution in [0.2, 0.25) is 0 Å². The molecular weight excluding hydrogens is 452 g/mol. The fourth-order valence-electron chi connectivity index (χ4n) is 4.99. The summed E-state index contributed by atoms with van der Waals surface area (Å²) in [6.07, 6.45) is 1.51. The average molecular weight is 485 g/mol. The van der Waals surface area contributed by atoms with Crippen molar-refractivity contribution < 1.29 is 9.53 Å². The van der Waals surface area contributed by atoms with Gasteiger partial charge in [-0.15, -0.1) is 5.10 Å². The number of hydrogen-bond acceptors (Lipinski definition) is 6. The van der Waals surface area contributed by atoms with Crippen LogP contribution in [-0.4, -0.2) is 46.1 Å². The number of hydrogen-bond donors (Lipinski definition) is 1. The van der Waals surface area contributed by atoms with Gasteiger partial charge in [-0.3, -0.25) is 4.79 Å². The maximum atomic E-state index is 12.9. The molecule has 0 radical (unpaired) electrons. The molecule has 0 spiro atoms. The number of nitrogens with zero attached hydrogens (tertiary/aromatic N) is 5. The molecule has 0 unspecified atom stereocenters. The van der Waals surface area contributed by atoms with E-state index in [0.29, 0.717) is 6.54 Å². The van der Waals surface area contributed by atoms with Crippen LogP contribution in [-0.2, 0) is 11.3 Å². The van der Waals surface area contributed by atoms with Crippen LogP contribution in [0.4, 0.5) is 5.82 Å². The van der Waals surface area contributed by atoms with Crippen molar-refractivity contribution in [2.45, 2.75) is 40.2 Å². The summed E-state index contributed by atoms with van der Waals surface area (Å²) in [5, 5.41) is 18.1. The summed E-state index contributed by atoms with van der Waals surface area (Å²) in [5.41, 5.74) is 5.99. The van der Waals surface area contributed by atoms with E-state index in [1.165, 1.54) is 5.56 Å². The Kier molecular flexibility index (Phi) is 6.59. The monoisotopic (exact) mass is 484 g/mol. The van der Waals surface area contributed by atoms with Gasteiger partial charge in [-0.25, -0.2) is 4.68 Å². The molecule has 5 rings (SSSR count). The third-order valence-electron chi connectivity index (χ3n) is 7.07. The van der Waals surface area contributed by atoms with E-state index in [1.807, 2.05) is 35.9 Å². The number of aryl methyl sites for hydroxylation is 3. The molecule has 0 saturated carbocycles. The highest BCUT2D eigenvalue weighted by Crippen LogP contribution is 2.31. The maximum Gasteiger partial charge on any atom is 0.223 e. The molecule has 0 aliphatic carbocycles. The number of carbonyl (C=O) groups excluding carboxylic acids is 1. The number of fused-ring (bicyclic) bond motifs is 1. The molecule has 8 nitrogen and oxygen atoms in total. The lowest BCUT2D eigenvalue weighted by Crippen LogP contribution is -2.40. The van der Waals surface area contributed by atoms with Crippen LogP contribution in [0.25, 0.3) is 16.6 Å². The Morgan fingerprint density at radius 3 is 2.47 bits per heavy atom. The van der Waals surface area contributed by atoms with Crippen LogP contribution in [0.1, 0.15) is 35.4 Å². The van der Waals surface area contributed by atoms with Crippen molar-refractivity contribution in [3.8, 4) is 11.4 Å². The standard InChI is InChI=1S/C28H32N6O2/c1-18-9-11-23(12-10-18)34-20(3)25-19(2)30-31-27(26(25)32-34)33-15-13-21(14-16-33)28(35)29-17-22-7-5-6-8-24(22)36-4/h5-12,21H,13-17H2,1-4H3,(H,29,35). The van der Waals surface area contributed by atoms with E-state index in [4.69, 9.17) is 9.84 Å². The van der Waals surface area contributed by atoms with Gasteiger partial charge < -0.3 is 15.0 Å². The third kappa shape index (κ3) is 4.51. The minimum Gasteiger partial charge on any atom is -0.496 e. The second kappa shape index (κ2) is 9.97. The third-order valence-corrected chi connectivity index (χ3v) is 7.07. The van der Waals surface area contributed by atoms with Crippen LogP contribution in [0.3, 0.4) is 0 Å². The molecule has 3 heterocycles. The quantitative estimate of drug-likeness (QED) is 0.440. The zero-order valence-corrected chi connectivity index (χ0v) is 21.3. The van der Waals surface area contributed by atoms with Crippen molar-refractivity contribution in [1.29, 1.82) is 0 Å². The molecule has 1 saturated heterocycles. The maximum absolute atomic E-state index is 12.9. The summed E-state index contributed by atoms with van der Waals surface area (Å²) in [4.78, 5) is 15.1. The Bertz CT molecular complexity index is 1390. The van der Waals surface area contributed by atoms with Gasteiger partial charge in [-0.1, -0.05) is 35.9 Å². The largest absolute Gasteiger partial charge is 0.496 e. The highest BCUT2D eigenvalue weighted by molar-refractivity contribution is 5.92. The smallest absolute Gasteiger partial charge is 0.223 e. The van der Waals surface area contributed by atoms with Gasteiger partial charge in [0, 0.05) is 31.1 Å². The van der Waals surface area contributed by atoms with E-state index in [9.17, 15) is 4.79 Å². The molecule has 186 valence electrons. The van der Waals surface area contributed by atoms with Crippen molar-refractivity contribution in [3.63, 3.8) is 0 Å². The minimum atomic E-state index is -0.0308. The summed E-state index contributed by atoms with van der Waals surface area (Å²) >= 11 is 0. The Morgan fingerprint density at radius 2 is 1.75 bits per heavy atom. The predicted molar refractivity (Wildman–Crippen MR) is 141 cm³/mol. The Hall–Kier alpha value is -3.94. The highest BCUT2D eigenvalue weighted by Gasteiger charge is 2.28. The second-order valence-corrected chi connectivity index (χ2v) is 9.46. The van der Waals surface area contributed by atoms with E-state index in [0.717, 1.165) is 71.0 Å². The van der Waals surface area contributed by atoms with Crippen molar-refractivity contribution in [2.75, 3.05) is 25.1 Å². The summed E-state index contributed by atoms with van der Waals surface area (Å²) in [5.74, 6) is 1.63. The number of carbonyl (C=O) groups is 1. The number of nitrogens with one attached hydrogen (secondary N) is 1. The first-order valence-electron chi connectivity index (χ1n) is 12.4. The van der Waals surface area contributed by atoms with E-state index >= 15 is 0 Å². The lowest BCUT2D eigenvalue weighted by atomic mass is 9.95. The van der Waals surface area contributed by atoms with Crippen LogP contribution in [0, 0.1) is 26.7 Å². The molecule has 0 atom stereocenters. The fraction of sp³-hybridized carbons (Fsp3) is 0.357. The molecular formula is C28H32N6O2. The van der Waals surface area contributed by atoms with Crippen LogP contribution >= 0.6 is 0 Å². The number of anilines is 1. The first-order valence-corrected chi connectivity index (χ1v) is 12.4. The number of aromatic nitrogens is 4. The Labute approximate surface area is 211 Å². The summed E-state index contributed by atoms with van der Waals surface area (Å²) < 4.78 is 7.37. The number of benzene rings is 2. The molecule has 36 heavy (non-hydrogen) atoms. The van der Waals surface area contributed by atoms with E-state index in [2.05, 4.69) is 58.5 Å². The lowest BCUT2D eigenvalue weighted by molar-refractivity contribution is -0.125. The van der Waals surface area contributed by atoms with Gasteiger partial charge in [0.05, 0.1) is 29.6 Å². The highest BCUT2D eigenvalue weighted by atomic mass is 16.5. The van der Waals surface area contributed by atoms with Gasteiger partial charge >= 0.3 is 0 Å². The lowest BCUT2D eigenvalue weighted by Gasteiger charge is -2.32. The first-order chi connectivity index (χ1) is 17.5. The molecule has 2 aromatic carbocycles. The van der Waals surface area contributed by atoms with Gasteiger partial charge in [0.15, 0.2) is 5.82 Å². The number of para-hydroxylation sites is 1. The van der Waals surface area contributed by atoms with Gasteiger partial charge in [-0.05, 0) is 51.8 Å². The van der Waals surface area contributed by atoms with Crippen molar-refractivity contribution >= 4 is 22.6 Å². The molecule has 1 N–H and O–H groups in total. The number of amides is 1. The summed E-state index contributed by atoms with van der Waals surface area (Å²) in [6, 6.07) is 16.1. The van der Waals surface area contributed by atoms with Crippen molar-refractivity contribution in [1.82, 2.24) is 25.3 Å². The number of piperidine rings is 1. The van der Waals surface area contributed by atoms with Gasteiger partial charge in [0.2, 0.25) is 5.91 Å². The Morgan fingerprint density at radius 1 is 1.03 bits per heavy atom. The molecule has 8 heteroatoms. The van der Waals surface area contributed by atoms with Crippen LogP contribution in [0.5, 0.6) is 5.75 Å². The zero-order valence-electron chi connectivity index (χ0n) is 21.3. The van der Waals surface area contributed by atoms with E-state index < -0.39 is 0 Å². The molecule has 2 aromatic heterocycles. The van der Waals surface area contributed by atoms with E-state index in [1.54, 1.807) is 7.11 Å². The van der Waals surface area contributed by atoms with Gasteiger partial charge in [0.1, 0.15) is 11.3 Å². The van der Waals surface area contributed by atoms with Crippen molar-refractivity contribution in [3.05, 3.63) is 71.0 Å². The van der Waals surface area contributed by atoms with E-state index in [-0.39, 0.29) is 11.8 Å². The summed E-state index contributed by atoms with van der Waals surface area (Å²) in [6.45, 7) is 8.06. The Balaban J connectivity index is 1.31. The van der Waals surface area contributed by atoms with Gasteiger partial charge in [0.25, 0.3) is 0 Å². The number of methoxy groups -OCH3 is 1. The normalized spacial score (nSPS) is 14.3. The summed E-state index contributed by atoms with van der Waals surface area (Å²) in [7, 11) is 1.65. The molecule has 1 fully saturated rings. The number of rotatable bonds is 6. The molecule has 1 aliphatic rings. The van der Waals surface area contributed by atoms with Gasteiger partial charge in [-0.2, -0.15) is 10.2 Å². The molecule has 0 bridgehead atoms. The average Bonchev–Trinajstić information content (AvgIpc) is 3.26. The zero-order chi connectivity index (χ0) is 25.2. The fourth-order valence-corrected chi connectivity index (χ4v) is 4.99. The van der Waals surface area contributed by atoms with Crippen molar-refractivity contribution in [2.24, 2.45) is 5.92 Å². The van der Waals surface area contributed by atoms with Crippen LogP contribution in [0.15, 0.2) is 48.5 Å². The minimum absolute atomic E-state index is 0.0308. The predicted octanol–water partition coefficient (Wildman–Crippen LogP) is 4.28. The SMILES string of the molecule is COc1ccccc1CNC(=O)C1CCN(c2nnc(C)c3c(C)n(-c4ccc(C)cc4)nc23)CC1.